The van der Waals surface area contributed by atoms with Crippen molar-refractivity contribution in [3.05, 3.63) is 24.0 Å². The van der Waals surface area contributed by atoms with E-state index in [1.165, 1.54) is 0 Å². The van der Waals surface area contributed by atoms with E-state index >= 15 is 0 Å². The van der Waals surface area contributed by atoms with Crippen molar-refractivity contribution in [3.63, 3.8) is 0 Å². The Morgan fingerprint density at radius 1 is 1.75 bits per heavy atom. The molecule has 0 unspecified atom stereocenters. The highest BCUT2D eigenvalue weighted by atomic mass is 16.1. The molecule has 3 N–H and O–H groups in total. The van der Waals surface area contributed by atoms with E-state index in [-0.39, 0.29) is 5.91 Å². The molecule has 0 aliphatic heterocycles. The molecular formula is C8H13N3O. The number of aromatic nitrogens is 1. The first-order chi connectivity index (χ1) is 5.68. The van der Waals surface area contributed by atoms with E-state index in [9.17, 15) is 4.79 Å². The molecule has 4 nitrogen and oxygen atoms in total. The van der Waals surface area contributed by atoms with Crippen molar-refractivity contribution >= 4 is 5.91 Å². The second-order valence-electron chi connectivity index (χ2n) is 2.86. The number of amides is 1. The molecule has 4 heteroatoms. The number of nitrogens with one attached hydrogen (secondary N) is 1. The monoisotopic (exact) mass is 167 g/mol. The van der Waals surface area contributed by atoms with Gasteiger partial charge in [0.05, 0.1) is 6.54 Å². The van der Waals surface area contributed by atoms with Crippen LogP contribution in [0.1, 0.15) is 5.56 Å². The SMILES string of the molecule is CN(CC(N)=O)Cc1cc[nH]c1. The van der Waals surface area contributed by atoms with E-state index in [2.05, 4.69) is 4.98 Å². The molecule has 0 aliphatic rings. The zero-order valence-corrected chi connectivity index (χ0v) is 7.08. The molecular weight excluding hydrogens is 154 g/mol. The second-order valence-corrected chi connectivity index (χ2v) is 2.86. The maximum Gasteiger partial charge on any atom is 0.231 e. The van der Waals surface area contributed by atoms with Gasteiger partial charge in [0.2, 0.25) is 5.91 Å². The van der Waals surface area contributed by atoms with Gasteiger partial charge in [-0.2, -0.15) is 0 Å². The predicted molar refractivity (Wildman–Crippen MR) is 46.3 cm³/mol. The van der Waals surface area contributed by atoms with Gasteiger partial charge in [-0.3, -0.25) is 9.69 Å². The molecule has 1 amide bonds. The minimum atomic E-state index is -0.298. The number of rotatable bonds is 4. The number of primary amides is 1. The summed E-state index contributed by atoms with van der Waals surface area (Å²) in [7, 11) is 1.86. The zero-order chi connectivity index (χ0) is 8.97. The van der Waals surface area contributed by atoms with Gasteiger partial charge in [0.25, 0.3) is 0 Å². The summed E-state index contributed by atoms with van der Waals surface area (Å²) in [5, 5.41) is 0. The fraction of sp³-hybridized carbons (Fsp3) is 0.375. The lowest BCUT2D eigenvalue weighted by Crippen LogP contribution is -2.30. The van der Waals surface area contributed by atoms with Crippen LogP contribution in [0, 0.1) is 0 Å². The third kappa shape index (κ3) is 2.75. The lowest BCUT2D eigenvalue weighted by Gasteiger charge is -2.12. The predicted octanol–water partition coefficient (Wildman–Crippen LogP) is -0.0682. The topological polar surface area (TPSA) is 62.1 Å². The highest BCUT2D eigenvalue weighted by Gasteiger charge is 2.02. The largest absolute Gasteiger partial charge is 0.369 e. The van der Waals surface area contributed by atoms with Crippen molar-refractivity contribution < 1.29 is 4.79 Å². The van der Waals surface area contributed by atoms with Gasteiger partial charge in [-0.1, -0.05) is 0 Å². The first-order valence-electron chi connectivity index (χ1n) is 3.77. The van der Waals surface area contributed by atoms with Crippen molar-refractivity contribution in [3.8, 4) is 0 Å². The van der Waals surface area contributed by atoms with Crippen LogP contribution >= 0.6 is 0 Å². The fourth-order valence-corrected chi connectivity index (χ4v) is 1.09. The average molecular weight is 167 g/mol. The van der Waals surface area contributed by atoms with Gasteiger partial charge in [-0.15, -0.1) is 0 Å². The molecule has 0 bridgehead atoms. The number of hydrogen-bond donors (Lipinski definition) is 2. The number of carbonyl (C=O) groups is 1. The highest BCUT2D eigenvalue weighted by Crippen LogP contribution is 1.99. The molecule has 0 aromatic carbocycles. The van der Waals surface area contributed by atoms with Gasteiger partial charge >= 0.3 is 0 Å². The molecule has 0 fully saturated rings. The van der Waals surface area contributed by atoms with Crippen molar-refractivity contribution in [2.75, 3.05) is 13.6 Å². The molecule has 66 valence electrons. The molecule has 0 radical (unpaired) electrons. The Bertz CT molecular complexity index is 243. The molecule has 0 saturated heterocycles. The number of likely N-dealkylation sites (N-methyl/N-ethyl adjacent to an activating group) is 1. The Morgan fingerprint density at radius 2 is 2.50 bits per heavy atom. The number of H-pyrrole nitrogens is 1. The van der Waals surface area contributed by atoms with Gasteiger partial charge in [0.1, 0.15) is 0 Å². The van der Waals surface area contributed by atoms with E-state index in [0.717, 1.165) is 12.1 Å². The standard InChI is InChI=1S/C8H13N3O/c1-11(6-8(9)12)5-7-2-3-10-4-7/h2-4,10H,5-6H2,1H3,(H2,9,12). The van der Waals surface area contributed by atoms with E-state index in [4.69, 9.17) is 5.73 Å². The average Bonchev–Trinajstić information content (AvgIpc) is 2.37. The van der Waals surface area contributed by atoms with Gasteiger partial charge < -0.3 is 10.7 Å². The number of nitrogens with two attached hydrogens (primary N) is 1. The summed E-state index contributed by atoms with van der Waals surface area (Å²) in [6.45, 7) is 1.04. The summed E-state index contributed by atoms with van der Waals surface area (Å²) in [5.74, 6) is -0.298. The van der Waals surface area contributed by atoms with Gasteiger partial charge in [0.15, 0.2) is 0 Å². The highest BCUT2D eigenvalue weighted by molar-refractivity contribution is 5.75. The molecule has 1 rings (SSSR count). The number of carbonyl (C=O) groups excluding carboxylic acids is 1. The lowest BCUT2D eigenvalue weighted by atomic mass is 10.3. The molecule has 1 aromatic rings. The maximum absolute atomic E-state index is 10.5. The van der Waals surface area contributed by atoms with Crippen LogP contribution in [0.3, 0.4) is 0 Å². The Kier molecular flexibility index (Phi) is 2.88. The van der Waals surface area contributed by atoms with Crippen molar-refractivity contribution in [2.24, 2.45) is 5.73 Å². The Morgan fingerprint density at radius 3 is 3.00 bits per heavy atom. The summed E-state index contributed by atoms with van der Waals surface area (Å²) >= 11 is 0. The van der Waals surface area contributed by atoms with Crippen LogP contribution in [0.2, 0.25) is 0 Å². The summed E-state index contributed by atoms with van der Waals surface area (Å²) in [4.78, 5) is 15.3. The quantitative estimate of drug-likeness (QED) is 0.659. The molecule has 1 heterocycles. The van der Waals surface area contributed by atoms with E-state index in [1.807, 2.05) is 30.4 Å². The minimum absolute atomic E-state index is 0.297. The zero-order valence-electron chi connectivity index (χ0n) is 7.08. The van der Waals surface area contributed by atoms with E-state index in [0.29, 0.717) is 6.54 Å². The maximum atomic E-state index is 10.5. The van der Waals surface area contributed by atoms with Crippen LogP contribution in [0.15, 0.2) is 18.5 Å². The van der Waals surface area contributed by atoms with Crippen LogP contribution in [0.4, 0.5) is 0 Å². The van der Waals surface area contributed by atoms with Crippen molar-refractivity contribution in [2.45, 2.75) is 6.54 Å². The molecule has 0 atom stereocenters. The number of hydrogen-bond acceptors (Lipinski definition) is 2. The number of aromatic amines is 1. The van der Waals surface area contributed by atoms with Crippen LogP contribution < -0.4 is 5.73 Å². The van der Waals surface area contributed by atoms with Crippen LogP contribution in [0.25, 0.3) is 0 Å². The molecule has 0 saturated carbocycles. The molecule has 1 aromatic heterocycles. The van der Waals surface area contributed by atoms with Crippen molar-refractivity contribution in [1.29, 1.82) is 0 Å². The van der Waals surface area contributed by atoms with Crippen molar-refractivity contribution in [1.82, 2.24) is 9.88 Å². The Balaban J connectivity index is 2.36. The Hall–Kier alpha value is -1.29. The van der Waals surface area contributed by atoms with E-state index < -0.39 is 0 Å². The molecule has 0 spiro atoms. The first-order valence-corrected chi connectivity index (χ1v) is 3.77. The third-order valence-electron chi connectivity index (χ3n) is 1.54. The third-order valence-corrected chi connectivity index (χ3v) is 1.54. The minimum Gasteiger partial charge on any atom is -0.369 e. The smallest absolute Gasteiger partial charge is 0.231 e. The summed E-state index contributed by atoms with van der Waals surface area (Å²) < 4.78 is 0. The lowest BCUT2D eigenvalue weighted by molar-refractivity contribution is -0.118. The Labute approximate surface area is 71.4 Å². The van der Waals surface area contributed by atoms with Gasteiger partial charge in [-0.05, 0) is 18.7 Å². The molecule has 0 aliphatic carbocycles. The van der Waals surface area contributed by atoms with Crippen LogP contribution in [-0.4, -0.2) is 29.4 Å². The van der Waals surface area contributed by atoms with Gasteiger partial charge in [0, 0.05) is 18.9 Å². The van der Waals surface area contributed by atoms with E-state index in [1.54, 1.807) is 0 Å². The summed E-state index contributed by atoms with van der Waals surface area (Å²) in [5.41, 5.74) is 6.19. The normalized spacial score (nSPS) is 10.5. The summed E-state index contributed by atoms with van der Waals surface area (Å²) in [6, 6.07) is 1.97. The second kappa shape index (κ2) is 3.92. The summed E-state index contributed by atoms with van der Waals surface area (Å²) in [6.07, 6.45) is 3.75. The first kappa shape index (κ1) is 8.80. The van der Waals surface area contributed by atoms with Crippen LogP contribution in [-0.2, 0) is 11.3 Å². The van der Waals surface area contributed by atoms with Gasteiger partial charge in [-0.25, -0.2) is 0 Å². The van der Waals surface area contributed by atoms with Crippen LogP contribution in [0.5, 0.6) is 0 Å². The fourth-order valence-electron chi connectivity index (χ4n) is 1.09. The molecule has 12 heavy (non-hydrogen) atoms. The number of nitrogens with zero attached hydrogens (tertiary/aromatic N) is 1.